The third-order valence-corrected chi connectivity index (χ3v) is 1.79. The molecule has 1 rings (SSSR count). The first-order valence-corrected chi connectivity index (χ1v) is 3.64. The van der Waals surface area contributed by atoms with Gasteiger partial charge < -0.3 is 9.84 Å². The first-order chi connectivity index (χ1) is 6.07. The fraction of sp³-hybridized carbons (Fsp3) is 0.222. The number of ether oxygens (including phenoxy) is 1. The minimum absolute atomic E-state index is 0.211. The molecule has 0 saturated heterocycles. The molecule has 70 valence electrons. The Balaban J connectivity index is 3.31. The number of aromatic carboxylic acids is 1. The summed E-state index contributed by atoms with van der Waals surface area (Å²) >= 11 is 0. The Morgan fingerprint density at radius 2 is 2.15 bits per heavy atom. The predicted octanol–water partition coefficient (Wildman–Crippen LogP) is 1.84. The molecule has 3 nitrogen and oxygen atoms in total. The number of benzene rings is 1. The molecule has 0 aliphatic heterocycles. The van der Waals surface area contributed by atoms with Crippen LogP contribution in [0.25, 0.3) is 0 Å². The van der Waals surface area contributed by atoms with Crippen LogP contribution in [0.2, 0.25) is 0 Å². The zero-order valence-electron chi connectivity index (χ0n) is 7.30. The van der Waals surface area contributed by atoms with Gasteiger partial charge >= 0.3 is 5.97 Å². The van der Waals surface area contributed by atoms with Crippen molar-refractivity contribution in [3.05, 3.63) is 29.1 Å². The van der Waals surface area contributed by atoms with Gasteiger partial charge in [0, 0.05) is 5.56 Å². The summed E-state index contributed by atoms with van der Waals surface area (Å²) in [7, 11) is 1.40. The van der Waals surface area contributed by atoms with Crippen molar-refractivity contribution in [3.8, 4) is 5.75 Å². The van der Waals surface area contributed by atoms with E-state index in [4.69, 9.17) is 9.84 Å². The van der Waals surface area contributed by atoms with E-state index in [2.05, 4.69) is 0 Å². The van der Waals surface area contributed by atoms with Gasteiger partial charge in [-0.05, 0) is 19.1 Å². The second-order valence-electron chi connectivity index (χ2n) is 2.56. The average Bonchev–Trinajstić information content (AvgIpc) is 2.09. The molecule has 1 aromatic carbocycles. The van der Waals surface area contributed by atoms with E-state index in [1.54, 1.807) is 0 Å². The molecule has 0 unspecified atom stereocenters. The number of carboxylic acid groups (broad SMARTS) is 1. The summed E-state index contributed by atoms with van der Waals surface area (Å²) in [6.07, 6.45) is 0. The van der Waals surface area contributed by atoms with Crippen LogP contribution in [0.1, 0.15) is 15.9 Å². The first-order valence-electron chi connectivity index (χ1n) is 3.64. The van der Waals surface area contributed by atoms with Crippen LogP contribution in [0.4, 0.5) is 4.39 Å². The van der Waals surface area contributed by atoms with Gasteiger partial charge in [0.15, 0.2) is 0 Å². The van der Waals surface area contributed by atoms with Crippen molar-refractivity contribution < 1.29 is 19.0 Å². The molecule has 0 spiro atoms. The Labute approximate surface area is 74.8 Å². The number of carbonyl (C=O) groups is 1. The van der Waals surface area contributed by atoms with E-state index in [0.717, 1.165) is 0 Å². The molecule has 0 bridgehead atoms. The molecule has 13 heavy (non-hydrogen) atoms. The van der Waals surface area contributed by atoms with E-state index in [-0.39, 0.29) is 11.1 Å². The van der Waals surface area contributed by atoms with Gasteiger partial charge in [-0.15, -0.1) is 0 Å². The van der Waals surface area contributed by atoms with E-state index in [9.17, 15) is 9.18 Å². The van der Waals surface area contributed by atoms with Gasteiger partial charge in [-0.2, -0.15) is 0 Å². The second kappa shape index (κ2) is 3.43. The molecule has 4 heteroatoms. The number of hydrogen-bond donors (Lipinski definition) is 1. The van der Waals surface area contributed by atoms with Gasteiger partial charge in [0.05, 0.1) is 12.7 Å². The van der Waals surface area contributed by atoms with Crippen molar-refractivity contribution in [2.45, 2.75) is 6.92 Å². The van der Waals surface area contributed by atoms with Gasteiger partial charge in [-0.3, -0.25) is 0 Å². The summed E-state index contributed by atoms with van der Waals surface area (Å²) in [6, 6.07) is 2.62. The van der Waals surface area contributed by atoms with E-state index in [1.165, 1.54) is 26.2 Å². The SMILES string of the molecule is COc1ccc(C(=O)O)c(F)c1C. The molecule has 0 aromatic heterocycles. The molecule has 0 fully saturated rings. The third kappa shape index (κ3) is 1.61. The minimum Gasteiger partial charge on any atom is -0.496 e. The molecule has 0 saturated carbocycles. The quantitative estimate of drug-likeness (QED) is 0.762. The van der Waals surface area contributed by atoms with Crippen LogP contribution in [-0.2, 0) is 0 Å². The number of methoxy groups -OCH3 is 1. The fourth-order valence-corrected chi connectivity index (χ4v) is 1.05. The first kappa shape index (κ1) is 9.51. The lowest BCUT2D eigenvalue weighted by atomic mass is 10.1. The Morgan fingerprint density at radius 1 is 1.54 bits per heavy atom. The van der Waals surface area contributed by atoms with Gasteiger partial charge in [-0.25, -0.2) is 9.18 Å². The van der Waals surface area contributed by atoms with Crippen LogP contribution in [0.5, 0.6) is 5.75 Å². The molecule has 0 heterocycles. The Morgan fingerprint density at radius 3 is 2.62 bits per heavy atom. The van der Waals surface area contributed by atoms with Gasteiger partial charge in [0.25, 0.3) is 0 Å². The molecule has 0 atom stereocenters. The summed E-state index contributed by atoms with van der Waals surface area (Å²) < 4.78 is 18.1. The highest BCUT2D eigenvalue weighted by Gasteiger charge is 2.14. The summed E-state index contributed by atoms with van der Waals surface area (Å²) in [4.78, 5) is 10.5. The van der Waals surface area contributed by atoms with Crippen molar-refractivity contribution in [2.75, 3.05) is 7.11 Å². The summed E-state index contributed by atoms with van der Waals surface area (Å²) in [6.45, 7) is 1.47. The van der Waals surface area contributed by atoms with Crippen molar-refractivity contribution in [2.24, 2.45) is 0 Å². The highest BCUT2D eigenvalue weighted by atomic mass is 19.1. The second-order valence-corrected chi connectivity index (χ2v) is 2.56. The lowest BCUT2D eigenvalue weighted by molar-refractivity contribution is 0.0691. The molecular weight excluding hydrogens is 175 g/mol. The predicted molar refractivity (Wildman–Crippen MR) is 44.6 cm³/mol. The van der Waals surface area contributed by atoms with Crippen LogP contribution in [-0.4, -0.2) is 18.2 Å². The minimum atomic E-state index is -1.27. The zero-order chi connectivity index (χ0) is 10.0. The van der Waals surface area contributed by atoms with Crippen LogP contribution in [0.3, 0.4) is 0 Å². The van der Waals surface area contributed by atoms with Crippen molar-refractivity contribution in [1.29, 1.82) is 0 Å². The van der Waals surface area contributed by atoms with Gasteiger partial charge in [0.1, 0.15) is 11.6 Å². The van der Waals surface area contributed by atoms with Crippen LogP contribution in [0.15, 0.2) is 12.1 Å². The maximum atomic E-state index is 13.2. The third-order valence-electron chi connectivity index (χ3n) is 1.79. The number of rotatable bonds is 2. The summed E-state index contributed by atoms with van der Waals surface area (Å²) in [5.41, 5.74) is -0.124. The van der Waals surface area contributed by atoms with Gasteiger partial charge in [-0.1, -0.05) is 0 Å². The van der Waals surface area contributed by atoms with E-state index < -0.39 is 11.8 Å². The summed E-state index contributed by atoms with van der Waals surface area (Å²) in [5.74, 6) is -1.67. The lowest BCUT2D eigenvalue weighted by Crippen LogP contribution is -2.03. The van der Waals surface area contributed by atoms with Crippen molar-refractivity contribution in [1.82, 2.24) is 0 Å². The number of halogens is 1. The topological polar surface area (TPSA) is 46.5 Å². The number of carboxylic acids is 1. The average molecular weight is 184 g/mol. The maximum absolute atomic E-state index is 13.2. The van der Waals surface area contributed by atoms with Crippen molar-refractivity contribution >= 4 is 5.97 Å². The molecule has 0 amide bonds. The highest BCUT2D eigenvalue weighted by Crippen LogP contribution is 2.22. The van der Waals surface area contributed by atoms with Crippen LogP contribution >= 0.6 is 0 Å². The smallest absolute Gasteiger partial charge is 0.338 e. The monoisotopic (exact) mass is 184 g/mol. The molecule has 0 radical (unpaired) electrons. The van der Waals surface area contributed by atoms with E-state index >= 15 is 0 Å². The van der Waals surface area contributed by atoms with Crippen molar-refractivity contribution in [3.63, 3.8) is 0 Å². The molecule has 0 aliphatic rings. The molecule has 0 aliphatic carbocycles. The Hall–Kier alpha value is -1.58. The fourth-order valence-electron chi connectivity index (χ4n) is 1.05. The summed E-state index contributed by atoms with van der Waals surface area (Å²) in [5, 5.41) is 8.57. The largest absolute Gasteiger partial charge is 0.496 e. The number of hydrogen-bond acceptors (Lipinski definition) is 2. The molecular formula is C9H9FO3. The van der Waals surface area contributed by atoms with Gasteiger partial charge in [0.2, 0.25) is 0 Å². The molecule has 1 N–H and O–H groups in total. The van der Waals surface area contributed by atoms with E-state index in [1.807, 2.05) is 0 Å². The standard InChI is InChI=1S/C9H9FO3/c1-5-7(13-2)4-3-6(8(5)10)9(11)12/h3-4H,1-2H3,(H,11,12). The van der Waals surface area contributed by atoms with Crippen LogP contribution in [0, 0.1) is 12.7 Å². The Bertz CT molecular complexity index is 347. The lowest BCUT2D eigenvalue weighted by Gasteiger charge is -2.06. The Kier molecular flexibility index (Phi) is 2.51. The van der Waals surface area contributed by atoms with E-state index in [0.29, 0.717) is 5.75 Å². The maximum Gasteiger partial charge on any atom is 0.338 e. The normalized spacial score (nSPS) is 9.77. The highest BCUT2D eigenvalue weighted by molar-refractivity contribution is 5.88. The molecule has 1 aromatic rings. The zero-order valence-corrected chi connectivity index (χ0v) is 7.30. The van der Waals surface area contributed by atoms with Crippen LogP contribution < -0.4 is 4.74 Å².